The van der Waals surface area contributed by atoms with E-state index < -0.39 is 0 Å². The summed E-state index contributed by atoms with van der Waals surface area (Å²) in [6, 6.07) is 8.59. The highest BCUT2D eigenvalue weighted by atomic mass is 79.9. The Morgan fingerprint density at radius 1 is 1.36 bits per heavy atom. The Morgan fingerprint density at radius 3 is 2.71 bits per heavy atom. The van der Waals surface area contributed by atoms with E-state index in [0.717, 1.165) is 17.4 Å². The first-order valence-electron chi connectivity index (χ1n) is 4.94. The molecule has 1 fully saturated rings. The maximum absolute atomic E-state index is 9.20. The van der Waals surface area contributed by atoms with E-state index in [0.29, 0.717) is 6.04 Å². The number of anilines is 1. The Balaban J connectivity index is 2.17. The number of aliphatic hydroxyl groups excluding tert-OH is 1. The van der Waals surface area contributed by atoms with Crippen molar-refractivity contribution in [2.24, 2.45) is 0 Å². The molecule has 0 radical (unpaired) electrons. The molecule has 2 nitrogen and oxygen atoms in total. The van der Waals surface area contributed by atoms with Gasteiger partial charge in [0.05, 0.1) is 12.6 Å². The lowest BCUT2D eigenvalue weighted by Gasteiger charge is -2.25. The van der Waals surface area contributed by atoms with Crippen molar-refractivity contribution in [3.63, 3.8) is 0 Å². The maximum atomic E-state index is 9.20. The van der Waals surface area contributed by atoms with Crippen LogP contribution in [0.4, 0.5) is 5.69 Å². The third-order valence-electron chi connectivity index (χ3n) is 2.75. The summed E-state index contributed by atoms with van der Waals surface area (Å²) in [6.45, 7) is 1.32. The van der Waals surface area contributed by atoms with Crippen molar-refractivity contribution >= 4 is 21.6 Å². The van der Waals surface area contributed by atoms with Crippen molar-refractivity contribution in [1.82, 2.24) is 0 Å². The fourth-order valence-corrected chi connectivity index (χ4v) is 2.26. The zero-order chi connectivity index (χ0) is 9.97. The molecular formula is C11H14BrNO. The molecule has 76 valence electrons. The molecule has 1 atom stereocenters. The minimum Gasteiger partial charge on any atom is -0.394 e. The summed E-state index contributed by atoms with van der Waals surface area (Å²) in [7, 11) is 0. The molecule has 1 N–H and O–H groups in total. The summed E-state index contributed by atoms with van der Waals surface area (Å²) in [5, 5.41) is 9.20. The van der Waals surface area contributed by atoms with E-state index in [1.54, 1.807) is 0 Å². The molecule has 1 saturated heterocycles. The minimum absolute atomic E-state index is 0.260. The van der Waals surface area contributed by atoms with Crippen LogP contribution < -0.4 is 4.90 Å². The molecular weight excluding hydrogens is 242 g/mol. The fourth-order valence-electron chi connectivity index (χ4n) is 2.00. The summed E-state index contributed by atoms with van der Waals surface area (Å²) in [5.41, 5.74) is 1.21. The van der Waals surface area contributed by atoms with E-state index in [1.807, 2.05) is 12.1 Å². The molecule has 0 aromatic heterocycles. The van der Waals surface area contributed by atoms with Crippen molar-refractivity contribution in [3.05, 3.63) is 28.7 Å². The lowest BCUT2D eigenvalue weighted by molar-refractivity contribution is 0.266. The lowest BCUT2D eigenvalue weighted by atomic mass is 10.2. The molecule has 1 aliphatic heterocycles. The second-order valence-corrected chi connectivity index (χ2v) is 4.56. The third kappa shape index (κ3) is 1.93. The monoisotopic (exact) mass is 255 g/mol. The average Bonchev–Trinajstić information content (AvgIpc) is 2.67. The van der Waals surface area contributed by atoms with Gasteiger partial charge in [-0.3, -0.25) is 0 Å². The number of hydrogen-bond acceptors (Lipinski definition) is 2. The van der Waals surface area contributed by atoms with Gasteiger partial charge in [0, 0.05) is 16.7 Å². The SMILES string of the molecule is OCC1CCCN1c1ccc(Br)cc1. The molecule has 1 unspecified atom stereocenters. The van der Waals surface area contributed by atoms with Crippen LogP contribution in [0.3, 0.4) is 0 Å². The van der Waals surface area contributed by atoms with Crippen molar-refractivity contribution in [2.45, 2.75) is 18.9 Å². The van der Waals surface area contributed by atoms with Crippen molar-refractivity contribution in [3.8, 4) is 0 Å². The van der Waals surface area contributed by atoms with Crippen LogP contribution in [-0.4, -0.2) is 24.3 Å². The number of hydrogen-bond donors (Lipinski definition) is 1. The first-order valence-corrected chi connectivity index (χ1v) is 5.73. The van der Waals surface area contributed by atoms with Gasteiger partial charge in [0.15, 0.2) is 0 Å². The Labute approximate surface area is 92.7 Å². The van der Waals surface area contributed by atoms with Gasteiger partial charge in [-0.1, -0.05) is 15.9 Å². The van der Waals surface area contributed by atoms with Gasteiger partial charge in [-0.2, -0.15) is 0 Å². The summed E-state index contributed by atoms with van der Waals surface area (Å²) in [4.78, 5) is 2.28. The predicted octanol–water partition coefficient (Wildman–Crippen LogP) is 2.41. The Morgan fingerprint density at radius 2 is 2.07 bits per heavy atom. The zero-order valence-electron chi connectivity index (χ0n) is 7.99. The molecule has 1 aliphatic rings. The second kappa shape index (κ2) is 4.32. The number of halogens is 1. The van der Waals surface area contributed by atoms with Crippen molar-refractivity contribution < 1.29 is 5.11 Å². The standard InChI is InChI=1S/C11H14BrNO/c12-9-3-5-10(6-4-9)13-7-1-2-11(13)8-14/h3-6,11,14H,1-2,7-8H2. The Hall–Kier alpha value is -0.540. The van der Waals surface area contributed by atoms with Gasteiger partial charge >= 0.3 is 0 Å². The van der Waals surface area contributed by atoms with E-state index in [-0.39, 0.29) is 6.61 Å². The quantitative estimate of drug-likeness (QED) is 0.878. The van der Waals surface area contributed by atoms with Crippen LogP contribution in [0.2, 0.25) is 0 Å². The molecule has 3 heteroatoms. The van der Waals surface area contributed by atoms with Crippen LogP contribution >= 0.6 is 15.9 Å². The highest BCUT2D eigenvalue weighted by Gasteiger charge is 2.23. The van der Waals surface area contributed by atoms with Gasteiger partial charge in [0.25, 0.3) is 0 Å². The molecule has 0 saturated carbocycles. The van der Waals surface area contributed by atoms with E-state index in [9.17, 15) is 5.11 Å². The summed E-state index contributed by atoms with van der Waals surface area (Å²) in [6.07, 6.45) is 2.29. The van der Waals surface area contributed by atoms with Crippen LogP contribution in [0, 0.1) is 0 Å². The Bertz CT molecular complexity index is 299. The number of nitrogens with zero attached hydrogens (tertiary/aromatic N) is 1. The average molecular weight is 256 g/mol. The number of benzene rings is 1. The second-order valence-electron chi connectivity index (χ2n) is 3.65. The van der Waals surface area contributed by atoms with E-state index in [2.05, 4.69) is 33.0 Å². The van der Waals surface area contributed by atoms with Gasteiger partial charge in [0.1, 0.15) is 0 Å². The predicted molar refractivity (Wildman–Crippen MR) is 61.6 cm³/mol. The van der Waals surface area contributed by atoms with Gasteiger partial charge in [-0.15, -0.1) is 0 Å². The number of aliphatic hydroxyl groups is 1. The molecule has 1 heterocycles. The van der Waals surface area contributed by atoms with Crippen molar-refractivity contribution in [1.29, 1.82) is 0 Å². The van der Waals surface area contributed by atoms with E-state index >= 15 is 0 Å². The first-order chi connectivity index (χ1) is 6.81. The van der Waals surface area contributed by atoms with Crippen molar-refractivity contribution in [2.75, 3.05) is 18.1 Å². The highest BCUT2D eigenvalue weighted by Crippen LogP contribution is 2.26. The van der Waals surface area contributed by atoms with Crippen LogP contribution in [0.1, 0.15) is 12.8 Å². The van der Waals surface area contributed by atoms with Gasteiger partial charge < -0.3 is 10.0 Å². The molecule has 14 heavy (non-hydrogen) atoms. The zero-order valence-corrected chi connectivity index (χ0v) is 9.57. The highest BCUT2D eigenvalue weighted by molar-refractivity contribution is 9.10. The van der Waals surface area contributed by atoms with E-state index in [1.165, 1.54) is 12.1 Å². The first kappa shape index (κ1) is 9.99. The van der Waals surface area contributed by atoms with Gasteiger partial charge in [-0.05, 0) is 37.1 Å². The summed E-state index contributed by atoms with van der Waals surface area (Å²) in [5.74, 6) is 0. The smallest absolute Gasteiger partial charge is 0.0635 e. The molecule has 1 aromatic rings. The summed E-state index contributed by atoms with van der Waals surface area (Å²) >= 11 is 3.42. The lowest BCUT2D eigenvalue weighted by Crippen LogP contribution is -2.31. The van der Waals surface area contributed by atoms with Crippen LogP contribution in [0.15, 0.2) is 28.7 Å². The molecule has 0 amide bonds. The third-order valence-corrected chi connectivity index (χ3v) is 3.27. The van der Waals surface area contributed by atoms with Gasteiger partial charge in [0.2, 0.25) is 0 Å². The maximum Gasteiger partial charge on any atom is 0.0635 e. The van der Waals surface area contributed by atoms with E-state index in [4.69, 9.17) is 0 Å². The minimum atomic E-state index is 0.260. The molecule has 2 rings (SSSR count). The fraction of sp³-hybridized carbons (Fsp3) is 0.455. The van der Waals surface area contributed by atoms with Crippen LogP contribution in [-0.2, 0) is 0 Å². The summed E-state index contributed by atoms with van der Waals surface area (Å²) < 4.78 is 1.10. The molecule has 0 aliphatic carbocycles. The van der Waals surface area contributed by atoms with Gasteiger partial charge in [-0.25, -0.2) is 0 Å². The molecule has 0 spiro atoms. The largest absolute Gasteiger partial charge is 0.394 e. The molecule has 0 bridgehead atoms. The topological polar surface area (TPSA) is 23.5 Å². The van der Waals surface area contributed by atoms with Crippen LogP contribution in [0.25, 0.3) is 0 Å². The Kier molecular flexibility index (Phi) is 3.08. The number of rotatable bonds is 2. The normalized spacial score (nSPS) is 21.6. The molecule has 1 aromatic carbocycles. The van der Waals surface area contributed by atoms with Crippen LogP contribution in [0.5, 0.6) is 0 Å².